The second kappa shape index (κ2) is 11.1. The molecule has 1 aliphatic heterocycles. The predicted molar refractivity (Wildman–Crippen MR) is 104 cm³/mol. The van der Waals surface area contributed by atoms with Crippen LogP contribution in [0, 0.1) is 11.3 Å². The van der Waals surface area contributed by atoms with E-state index in [-0.39, 0.29) is 24.5 Å². The first-order valence-corrected chi connectivity index (χ1v) is 9.58. The van der Waals surface area contributed by atoms with Gasteiger partial charge in [-0.1, -0.05) is 0 Å². The van der Waals surface area contributed by atoms with E-state index in [0.29, 0.717) is 56.4 Å². The van der Waals surface area contributed by atoms with Crippen LogP contribution in [0.15, 0.2) is 24.3 Å². The highest BCUT2D eigenvalue weighted by Crippen LogP contribution is 2.16. The maximum Gasteiger partial charge on any atom is 0.329 e. The molecule has 1 atom stereocenters. The Morgan fingerprint density at radius 3 is 2.48 bits per heavy atom. The number of rotatable bonds is 9. The number of aliphatic carboxylic acids is 1. The second-order valence-corrected chi connectivity index (χ2v) is 6.88. The van der Waals surface area contributed by atoms with Gasteiger partial charge in [0.1, 0.15) is 12.6 Å². The molecule has 1 heterocycles. The number of nitrogens with zero attached hydrogens (tertiary/aromatic N) is 2. The van der Waals surface area contributed by atoms with Gasteiger partial charge in [-0.2, -0.15) is 5.26 Å². The summed E-state index contributed by atoms with van der Waals surface area (Å²) in [6.07, 6.45) is 1.92. The average Bonchev–Trinajstić information content (AvgIpc) is 2.75. The summed E-state index contributed by atoms with van der Waals surface area (Å²) in [7, 11) is 0. The number of carbonyl (C=O) groups is 3. The first-order chi connectivity index (χ1) is 13.9. The molecule has 0 saturated carbocycles. The van der Waals surface area contributed by atoms with Crippen molar-refractivity contribution in [3.05, 3.63) is 35.4 Å². The second-order valence-electron chi connectivity index (χ2n) is 6.88. The van der Waals surface area contributed by atoms with Crippen molar-refractivity contribution in [3.8, 4) is 6.07 Å². The minimum Gasteiger partial charge on any atom is -0.480 e. The van der Waals surface area contributed by atoms with Crippen molar-refractivity contribution < 1.29 is 24.2 Å². The number of nitriles is 1. The average molecular weight is 402 g/mol. The Hall–Kier alpha value is -2.96. The third-order valence-electron chi connectivity index (χ3n) is 4.77. The van der Waals surface area contributed by atoms with E-state index >= 15 is 0 Å². The number of piperidine rings is 1. The Kier molecular flexibility index (Phi) is 8.58. The molecule has 0 aromatic heterocycles. The summed E-state index contributed by atoms with van der Waals surface area (Å²) in [5.41, 5.74) is 6.39. The van der Waals surface area contributed by atoms with E-state index in [1.165, 1.54) is 0 Å². The normalized spacial score (nSPS) is 15.4. The molecule has 0 unspecified atom stereocenters. The Morgan fingerprint density at radius 2 is 1.93 bits per heavy atom. The van der Waals surface area contributed by atoms with Gasteiger partial charge in [-0.25, -0.2) is 4.79 Å². The number of likely N-dealkylation sites (tertiary alicyclic amines) is 1. The largest absolute Gasteiger partial charge is 0.480 e. The summed E-state index contributed by atoms with van der Waals surface area (Å²) in [6, 6.07) is 7.49. The summed E-state index contributed by atoms with van der Waals surface area (Å²) in [4.78, 5) is 37.7. The number of hydrogen-bond acceptors (Lipinski definition) is 6. The van der Waals surface area contributed by atoms with E-state index < -0.39 is 12.0 Å². The number of nitrogens with one attached hydrogen (secondary N) is 1. The molecule has 1 saturated heterocycles. The van der Waals surface area contributed by atoms with Crippen LogP contribution >= 0.6 is 0 Å². The molecule has 1 fully saturated rings. The molecule has 9 nitrogen and oxygen atoms in total. The molecule has 1 aromatic carbocycles. The zero-order valence-electron chi connectivity index (χ0n) is 16.2. The maximum absolute atomic E-state index is 12.9. The highest BCUT2D eigenvalue weighted by Gasteiger charge is 2.29. The SMILES string of the molecule is N#Cc1ccc(C(=O)N[C@@H](CCCN)C(=O)N2CCC(OCC(=O)O)CC2)cc1. The van der Waals surface area contributed by atoms with E-state index in [4.69, 9.17) is 20.8 Å². The van der Waals surface area contributed by atoms with Crippen LogP contribution in [-0.2, 0) is 14.3 Å². The van der Waals surface area contributed by atoms with Crippen LogP contribution in [0.4, 0.5) is 0 Å². The van der Waals surface area contributed by atoms with Gasteiger partial charge in [0.2, 0.25) is 5.91 Å². The van der Waals surface area contributed by atoms with Gasteiger partial charge in [0, 0.05) is 18.7 Å². The summed E-state index contributed by atoms with van der Waals surface area (Å²) < 4.78 is 5.29. The quantitative estimate of drug-likeness (QED) is 0.545. The smallest absolute Gasteiger partial charge is 0.329 e. The van der Waals surface area contributed by atoms with Crippen molar-refractivity contribution in [2.75, 3.05) is 26.2 Å². The number of benzene rings is 1. The fraction of sp³-hybridized carbons (Fsp3) is 0.500. The van der Waals surface area contributed by atoms with Crippen LogP contribution in [0.1, 0.15) is 41.6 Å². The summed E-state index contributed by atoms with van der Waals surface area (Å²) in [5, 5.41) is 20.3. The van der Waals surface area contributed by atoms with Crippen LogP contribution in [0.25, 0.3) is 0 Å². The number of carboxylic acid groups (broad SMARTS) is 1. The molecule has 0 bridgehead atoms. The third kappa shape index (κ3) is 6.85. The molecule has 156 valence electrons. The number of hydrogen-bond donors (Lipinski definition) is 3. The molecule has 4 N–H and O–H groups in total. The molecule has 1 aliphatic rings. The van der Waals surface area contributed by atoms with Crippen LogP contribution in [0.5, 0.6) is 0 Å². The van der Waals surface area contributed by atoms with Gasteiger partial charge in [-0.05, 0) is 56.5 Å². The van der Waals surface area contributed by atoms with Crippen LogP contribution < -0.4 is 11.1 Å². The zero-order chi connectivity index (χ0) is 21.2. The lowest BCUT2D eigenvalue weighted by Crippen LogP contribution is -2.51. The van der Waals surface area contributed by atoms with Gasteiger partial charge in [-0.3, -0.25) is 9.59 Å². The summed E-state index contributed by atoms with van der Waals surface area (Å²) in [5.74, 6) is -1.59. The van der Waals surface area contributed by atoms with Crippen LogP contribution in [0.3, 0.4) is 0 Å². The minimum atomic E-state index is -1.02. The van der Waals surface area contributed by atoms with Crippen LogP contribution in [-0.4, -0.2) is 66.2 Å². The summed E-state index contributed by atoms with van der Waals surface area (Å²) >= 11 is 0. The molecular weight excluding hydrogens is 376 g/mol. The summed E-state index contributed by atoms with van der Waals surface area (Å²) in [6.45, 7) is 0.934. The van der Waals surface area contributed by atoms with E-state index in [9.17, 15) is 14.4 Å². The zero-order valence-corrected chi connectivity index (χ0v) is 16.2. The first-order valence-electron chi connectivity index (χ1n) is 9.58. The van der Waals surface area contributed by atoms with Crippen molar-refractivity contribution >= 4 is 17.8 Å². The Balaban J connectivity index is 1.96. The van der Waals surface area contributed by atoms with Gasteiger partial charge in [0.15, 0.2) is 0 Å². The molecule has 0 radical (unpaired) electrons. The number of nitrogens with two attached hydrogens (primary N) is 1. The monoisotopic (exact) mass is 402 g/mol. The fourth-order valence-corrected chi connectivity index (χ4v) is 3.17. The van der Waals surface area contributed by atoms with Crippen molar-refractivity contribution in [1.82, 2.24) is 10.2 Å². The molecule has 2 rings (SSSR count). The number of carboxylic acids is 1. The highest BCUT2D eigenvalue weighted by molar-refractivity contribution is 5.97. The molecule has 2 amide bonds. The van der Waals surface area contributed by atoms with Gasteiger partial charge in [-0.15, -0.1) is 0 Å². The highest BCUT2D eigenvalue weighted by atomic mass is 16.5. The lowest BCUT2D eigenvalue weighted by molar-refractivity contribution is -0.147. The molecular formula is C20H26N4O5. The topological polar surface area (TPSA) is 146 Å². The third-order valence-corrected chi connectivity index (χ3v) is 4.77. The number of amides is 2. The minimum absolute atomic E-state index is 0.183. The molecule has 0 spiro atoms. The van der Waals surface area contributed by atoms with Gasteiger partial charge in [0.05, 0.1) is 17.7 Å². The fourth-order valence-electron chi connectivity index (χ4n) is 3.17. The van der Waals surface area contributed by atoms with Crippen molar-refractivity contribution in [2.24, 2.45) is 5.73 Å². The Bertz CT molecular complexity index is 751. The lowest BCUT2D eigenvalue weighted by atomic mass is 10.0. The van der Waals surface area contributed by atoms with E-state index in [2.05, 4.69) is 5.32 Å². The first kappa shape index (κ1) is 22.3. The lowest BCUT2D eigenvalue weighted by Gasteiger charge is -2.34. The Morgan fingerprint density at radius 1 is 1.28 bits per heavy atom. The van der Waals surface area contributed by atoms with E-state index in [1.54, 1.807) is 29.2 Å². The standard InChI is InChI=1S/C20H26N4O5/c21-9-1-2-17(23-19(27)15-5-3-14(12-22)4-6-15)20(28)24-10-7-16(8-11-24)29-13-18(25)26/h3-6,16-17H,1-2,7-11,13,21H2,(H,23,27)(H,25,26)/t17-/m0/s1. The van der Waals surface area contributed by atoms with Gasteiger partial charge >= 0.3 is 5.97 Å². The van der Waals surface area contributed by atoms with Gasteiger partial charge in [0.25, 0.3) is 5.91 Å². The molecule has 9 heteroatoms. The number of carbonyl (C=O) groups excluding carboxylic acids is 2. The van der Waals surface area contributed by atoms with Crippen molar-refractivity contribution in [3.63, 3.8) is 0 Å². The van der Waals surface area contributed by atoms with E-state index in [1.807, 2.05) is 6.07 Å². The van der Waals surface area contributed by atoms with Crippen LogP contribution in [0.2, 0.25) is 0 Å². The van der Waals surface area contributed by atoms with E-state index in [0.717, 1.165) is 0 Å². The molecule has 1 aromatic rings. The maximum atomic E-state index is 12.9. The van der Waals surface area contributed by atoms with Gasteiger partial charge < -0.3 is 25.8 Å². The van der Waals surface area contributed by atoms with Crippen molar-refractivity contribution in [1.29, 1.82) is 5.26 Å². The predicted octanol–water partition coefficient (Wildman–Crippen LogP) is 0.488. The number of ether oxygens (including phenoxy) is 1. The molecule has 29 heavy (non-hydrogen) atoms. The van der Waals surface area contributed by atoms with Crippen molar-refractivity contribution in [2.45, 2.75) is 37.8 Å². The molecule has 0 aliphatic carbocycles. The Labute approximate surface area is 169 Å².